The third-order valence-corrected chi connectivity index (χ3v) is 4.63. The Kier molecular flexibility index (Phi) is 3.88. The maximum Gasteiger partial charge on any atom is 0.0239 e. The van der Waals surface area contributed by atoms with Crippen LogP contribution in [0.3, 0.4) is 0 Å². The molecule has 0 N–H and O–H groups in total. The van der Waals surface area contributed by atoms with Gasteiger partial charge >= 0.3 is 0 Å². The molecule has 0 spiro atoms. The highest BCUT2D eigenvalue weighted by atomic mass is 15.0. The molecular weight excluding hydrogens is 232 g/mol. The molecule has 0 unspecified atom stereocenters. The minimum Gasteiger partial charge on any atom is -0.351 e. The van der Waals surface area contributed by atoms with E-state index in [-0.39, 0.29) is 0 Å². The van der Waals surface area contributed by atoms with E-state index >= 15 is 0 Å². The smallest absolute Gasteiger partial charge is 0.0239 e. The van der Waals surface area contributed by atoms with Crippen LogP contribution in [0.15, 0.2) is 12.4 Å². The van der Waals surface area contributed by atoms with E-state index in [0.717, 1.165) is 13.1 Å². The Labute approximate surface area is 117 Å². The van der Waals surface area contributed by atoms with Crippen LogP contribution < -0.4 is 0 Å². The lowest BCUT2D eigenvalue weighted by Gasteiger charge is -2.09. The zero-order valence-corrected chi connectivity index (χ0v) is 13.2. The molecule has 0 aliphatic heterocycles. The van der Waals surface area contributed by atoms with Crippen molar-refractivity contribution in [2.24, 2.45) is 0 Å². The van der Waals surface area contributed by atoms with Crippen LogP contribution in [0, 0.1) is 41.5 Å². The summed E-state index contributed by atoms with van der Waals surface area (Å²) in [5.41, 5.74) is 8.50. The predicted molar refractivity (Wildman–Crippen MR) is 81.9 cm³/mol. The molecule has 0 saturated heterocycles. The van der Waals surface area contributed by atoms with Crippen LogP contribution >= 0.6 is 0 Å². The first-order valence-corrected chi connectivity index (χ1v) is 7.17. The van der Waals surface area contributed by atoms with Gasteiger partial charge in [0.1, 0.15) is 0 Å². The van der Waals surface area contributed by atoms with E-state index in [1.165, 1.54) is 40.1 Å². The highest BCUT2D eigenvalue weighted by Crippen LogP contribution is 2.17. The fraction of sp³-hybridized carbons (Fsp3) is 0.529. The zero-order valence-electron chi connectivity index (χ0n) is 13.2. The van der Waals surface area contributed by atoms with Gasteiger partial charge in [0.25, 0.3) is 0 Å². The molecule has 0 atom stereocenters. The van der Waals surface area contributed by atoms with Gasteiger partial charge in [0, 0.05) is 36.9 Å². The lowest BCUT2D eigenvalue weighted by Crippen LogP contribution is -2.05. The van der Waals surface area contributed by atoms with Gasteiger partial charge in [-0.3, -0.25) is 0 Å². The van der Waals surface area contributed by atoms with Crippen molar-refractivity contribution in [2.45, 2.75) is 61.1 Å². The van der Waals surface area contributed by atoms with Crippen molar-refractivity contribution in [3.63, 3.8) is 0 Å². The molecule has 2 heterocycles. The molecule has 2 nitrogen and oxygen atoms in total. The average Bonchev–Trinajstić information content (AvgIpc) is 2.76. The second-order valence-corrected chi connectivity index (χ2v) is 5.79. The summed E-state index contributed by atoms with van der Waals surface area (Å²) in [4.78, 5) is 0. The SMILES string of the molecule is Cc1cn(CCCn2cc(C)c(C)c2C)c(C)c1C. The Hall–Kier alpha value is -1.44. The van der Waals surface area contributed by atoms with Crippen LogP contribution in [0.1, 0.15) is 40.1 Å². The molecule has 2 aromatic heterocycles. The van der Waals surface area contributed by atoms with E-state index in [0.29, 0.717) is 0 Å². The van der Waals surface area contributed by atoms with Crippen LogP contribution in [0.25, 0.3) is 0 Å². The van der Waals surface area contributed by atoms with Crippen LogP contribution in [0.5, 0.6) is 0 Å². The fourth-order valence-corrected chi connectivity index (χ4v) is 2.73. The van der Waals surface area contributed by atoms with Gasteiger partial charge in [-0.2, -0.15) is 0 Å². The minimum atomic E-state index is 1.11. The van der Waals surface area contributed by atoms with Crippen LogP contribution in [0.4, 0.5) is 0 Å². The summed E-state index contributed by atoms with van der Waals surface area (Å²) < 4.78 is 4.78. The fourth-order valence-electron chi connectivity index (χ4n) is 2.73. The standard InChI is InChI=1S/C17H26N2/c1-12-10-18(16(5)14(12)3)8-7-9-19-11-13(2)15(4)17(19)6/h10-11H,7-9H2,1-6H3. The lowest BCUT2D eigenvalue weighted by molar-refractivity contribution is 0.552. The summed E-state index contributed by atoms with van der Waals surface area (Å²) in [7, 11) is 0. The van der Waals surface area contributed by atoms with Gasteiger partial charge in [0.15, 0.2) is 0 Å². The van der Waals surface area contributed by atoms with E-state index < -0.39 is 0 Å². The van der Waals surface area contributed by atoms with E-state index in [2.05, 4.69) is 63.1 Å². The maximum absolute atomic E-state index is 2.39. The molecular formula is C17H26N2. The Morgan fingerprint density at radius 3 is 1.32 bits per heavy atom. The second kappa shape index (κ2) is 5.28. The van der Waals surface area contributed by atoms with E-state index in [4.69, 9.17) is 0 Å². The van der Waals surface area contributed by atoms with Crippen molar-refractivity contribution in [3.8, 4) is 0 Å². The molecule has 0 saturated carbocycles. The molecule has 2 aromatic rings. The number of aryl methyl sites for hydroxylation is 4. The number of aromatic nitrogens is 2. The van der Waals surface area contributed by atoms with E-state index in [1.807, 2.05) is 0 Å². The van der Waals surface area contributed by atoms with Crippen molar-refractivity contribution in [3.05, 3.63) is 46.0 Å². The molecule has 0 aliphatic carbocycles. The van der Waals surface area contributed by atoms with Crippen LogP contribution in [-0.4, -0.2) is 9.13 Å². The Bertz CT molecular complexity index is 533. The van der Waals surface area contributed by atoms with Gasteiger partial charge in [-0.1, -0.05) is 0 Å². The van der Waals surface area contributed by atoms with E-state index in [1.54, 1.807) is 0 Å². The third-order valence-electron chi connectivity index (χ3n) is 4.63. The number of hydrogen-bond acceptors (Lipinski definition) is 0. The monoisotopic (exact) mass is 258 g/mol. The molecule has 2 heteroatoms. The van der Waals surface area contributed by atoms with Crippen molar-refractivity contribution in [2.75, 3.05) is 0 Å². The van der Waals surface area contributed by atoms with Crippen LogP contribution in [0.2, 0.25) is 0 Å². The topological polar surface area (TPSA) is 9.86 Å². The summed E-state index contributed by atoms with van der Waals surface area (Å²) in [6.07, 6.45) is 5.75. The van der Waals surface area contributed by atoms with Crippen LogP contribution in [-0.2, 0) is 13.1 Å². The summed E-state index contributed by atoms with van der Waals surface area (Å²) in [5.74, 6) is 0. The highest BCUT2D eigenvalue weighted by molar-refractivity contribution is 5.29. The van der Waals surface area contributed by atoms with Crippen molar-refractivity contribution >= 4 is 0 Å². The predicted octanol–water partition coefficient (Wildman–Crippen LogP) is 4.23. The van der Waals surface area contributed by atoms with Gasteiger partial charge in [0.05, 0.1) is 0 Å². The molecule has 0 fully saturated rings. The lowest BCUT2D eigenvalue weighted by atomic mass is 10.2. The van der Waals surface area contributed by atoms with E-state index in [9.17, 15) is 0 Å². The summed E-state index contributed by atoms with van der Waals surface area (Å²) in [5, 5.41) is 0. The van der Waals surface area contributed by atoms with Gasteiger partial charge in [-0.25, -0.2) is 0 Å². The summed E-state index contributed by atoms with van der Waals surface area (Å²) in [6.45, 7) is 15.5. The maximum atomic E-state index is 2.39. The number of rotatable bonds is 4. The molecule has 0 amide bonds. The van der Waals surface area contributed by atoms with Crippen molar-refractivity contribution in [1.29, 1.82) is 0 Å². The Morgan fingerprint density at radius 1 is 0.684 bits per heavy atom. The number of hydrogen-bond donors (Lipinski definition) is 0. The molecule has 19 heavy (non-hydrogen) atoms. The quantitative estimate of drug-likeness (QED) is 0.776. The van der Waals surface area contributed by atoms with Gasteiger partial charge < -0.3 is 9.13 Å². The van der Waals surface area contributed by atoms with Gasteiger partial charge in [-0.05, 0) is 70.2 Å². The minimum absolute atomic E-state index is 1.11. The van der Waals surface area contributed by atoms with Crippen molar-refractivity contribution < 1.29 is 0 Å². The van der Waals surface area contributed by atoms with Gasteiger partial charge in [-0.15, -0.1) is 0 Å². The first-order chi connectivity index (χ1) is 8.91. The molecule has 0 aliphatic rings. The molecule has 0 radical (unpaired) electrons. The Morgan fingerprint density at radius 2 is 1.05 bits per heavy atom. The average molecular weight is 258 g/mol. The van der Waals surface area contributed by atoms with Crippen molar-refractivity contribution in [1.82, 2.24) is 9.13 Å². The molecule has 104 valence electrons. The molecule has 0 aromatic carbocycles. The molecule has 2 rings (SSSR count). The Balaban J connectivity index is 2.00. The summed E-state index contributed by atoms with van der Waals surface area (Å²) in [6, 6.07) is 0. The van der Waals surface area contributed by atoms with Gasteiger partial charge in [0.2, 0.25) is 0 Å². The second-order valence-electron chi connectivity index (χ2n) is 5.79. The third kappa shape index (κ3) is 2.63. The highest BCUT2D eigenvalue weighted by Gasteiger charge is 2.07. The zero-order chi connectivity index (χ0) is 14.2. The largest absolute Gasteiger partial charge is 0.351 e. The normalized spacial score (nSPS) is 11.3. The molecule has 0 bridgehead atoms. The summed E-state index contributed by atoms with van der Waals surface area (Å²) >= 11 is 0. The first-order valence-electron chi connectivity index (χ1n) is 7.17. The number of nitrogens with zero attached hydrogens (tertiary/aromatic N) is 2. The first kappa shape index (κ1) is 14.0.